The normalized spacial score (nSPS) is 23.6. The van der Waals surface area contributed by atoms with Gasteiger partial charge in [-0.05, 0) is 61.8 Å². The predicted octanol–water partition coefficient (Wildman–Crippen LogP) is 4.12. The van der Waals surface area contributed by atoms with Crippen molar-refractivity contribution in [1.82, 2.24) is 20.0 Å². The molecule has 4 heterocycles. The fourth-order valence-corrected chi connectivity index (χ4v) is 5.52. The Labute approximate surface area is 200 Å². The Balaban J connectivity index is 1.20. The highest BCUT2D eigenvalue weighted by atomic mass is 32.1. The van der Waals surface area contributed by atoms with E-state index in [1.807, 2.05) is 24.3 Å². The molecular formula is C26H28N6S. The zero-order chi connectivity index (χ0) is 22.8. The molecule has 1 unspecified atom stereocenters. The fourth-order valence-electron chi connectivity index (χ4n) is 5.32. The maximum atomic E-state index is 9.07. The number of rotatable bonds is 5. The van der Waals surface area contributed by atoms with Crippen molar-refractivity contribution >= 4 is 23.0 Å². The molecule has 0 aliphatic carbocycles. The fraction of sp³-hybridized carbons (Fsp3) is 0.346. The van der Waals surface area contributed by atoms with Crippen molar-refractivity contribution in [3.63, 3.8) is 0 Å². The monoisotopic (exact) mass is 456 g/mol. The highest BCUT2D eigenvalue weighted by Crippen LogP contribution is 2.42. The minimum absolute atomic E-state index is 0.479. The third-order valence-electron chi connectivity index (χ3n) is 6.99. The van der Waals surface area contributed by atoms with Gasteiger partial charge in [-0.25, -0.2) is 0 Å². The van der Waals surface area contributed by atoms with Crippen LogP contribution in [0.2, 0.25) is 0 Å². The van der Waals surface area contributed by atoms with Crippen LogP contribution in [-0.2, 0) is 7.05 Å². The Hall–Kier alpha value is -3.21. The summed E-state index contributed by atoms with van der Waals surface area (Å²) in [5.41, 5.74) is 5.02. The van der Waals surface area contributed by atoms with Crippen LogP contribution in [0.4, 0.5) is 5.69 Å². The second kappa shape index (κ2) is 9.34. The summed E-state index contributed by atoms with van der Waals surface area (Å²) in [5, 5.41) is 21.1. The number of nitriles is 1. The van der Waals surface area contributed by atoms with Gasteiger partial charge in [-0.3, -0.25) is 9.58 Å². The van der Waals surface area contributed by atoms with E-state index in [1.165, 1.54) is 17.7 Å². The Morgan fingerprint density at radius 3 is 2.79 bits per heavy atom. The molecule has 3 aromatic rings. The van der Waals surface area contributed by atoms with Gasteiger partial charge in [0, 0.05) is 49.0 Å². The summed E-state index contributed by atoms with van der Waals surface area (Å²) in [6.07, 6.45) is 2.40. The van der Waals surface area contributed by atoms with E-state index in [2.05, 4.69) is 63.7 Å². The van der Waals surface area contributed by atoms with Gasteiger partial charge >= 0.3 is 0 Å². The predicted molar refractivity (Wildman–Crippen MR) is 135 cm³/mol. The third-order valence-corrected chi connectivity index (χ3v) is 7.24. The number of aryl methyl sites for hydroxylation is 1. The van der Waals surface area contributed by atoms with Crippen molar-refractivity contribution < 1.29 is 0 Å². The lowest BCUT2D eigenvalue weighted by Crippen LogP contribution is -2.56. The number of hydrogen-bond acceptors (Lipinski definition) is 4. The Bertz CT molecular complexity index is 1180. The van der Waals surface area contributed by atoms with E-state index in [-0.39, 0.29) is 0 Å². The Morgan fingerprint density at radius 2 is 2.03 bits per heavy atom. The van der Waals surface area contributed by atoms with Crippen LogP contribution < -0.4 is 10.6 Å². The van der Waals surface area contributed by atoms with Crippen LogP contribution in [0.1, 0.15) is 30.0 Å². The summed E-state index contributed by atoms with van der Waals surface area (Å²) in [4.78, 5) is 2.60. The van der Waals surface area contributed by atoms with Crippen molar-refractivity contribution in [1.29, 1.82) is 5.26 Å². The highest BCUT2D eigenvalue weighted by Gasteiger charge is 2.41. The minimum atomic E-state index is 0.479. The number of anilines is 1. The molecular weight excluding hydrogens is 428 g/mol. The molecule has 2 aromatic carbocycles. The largest absolute Gasteiger partial charge is 0.361 e. The molecule has 7 heteroatoms. The van der Waals surface area contributed by atoms with Gasteiger partial charge in [0.1, 0.15) is 0 Å². The van der Waals surface area contributed by atoms with Crippen molar-refractivity contribution in [2.75, 3.05) is 25.0 Å². The van der Waals surface area contributed by atoms with Gasteiger partial charge < -0.3 is 10.6 Å². The number of aromatic nitrogens is 2. The number of nitrogens with one attached hydrogen (secondary N) is 2. The molecule has 0 amide bonds. The van der Waals surface area contributed by atoms with E-state index in [1.54, 1.807) is 6.07 Å². The van der Waals surface area contributed by atoms with E-state index in [0.29, 0.717) is 28.6 Å². The molecule has 3 saturated heterocycles. The van der Waals surface area contributed by atoms with Crippen LogP contribution in [0.15, 0.2) is 60.7 Å². The number of benzene rings is 2. The summed E-state index contributed by atoms with van der Waals surface area (Å²) in [6.45, 7) is 3.03. The van der Waals surface area contributed by atoms with Gasteiger partial charge in [-0.1, -0.05) is 36.4 Å². The number of piperidine rings is 3. The SMILES string of the molecule is Cn1nc(-c2ccccc2)cc1[C@H]1CN2CC[C@H]1C[C@@H]2CNC(=S)Nc1cccc(C#N)c1. The number of fused-ring (bicyclic) bond motifs is 3. The first-order valence-corrected chi connectivity index (χ1v) is 11.9. The molecule has 0 radical (unpaired) electrons. The maximum Gasteiger partial charge on any atom is 0.170 e. The van der Waals surface area contributed by atoms with Gasteiger partial charge in [-0.15, -0.1) is 0 Å². The molecule has 168 valence electrons. The zero-order valence-corrected chi connectivity index (χ0v) is 19.6. The van der Waals surface area contributed by atoms with E-state index < -0.39 is 0 Å². The lowest BCUT2D eigenvalue weighted by atomic mass is 9.74. The first kappa shape index (κ1) is 21.6. The van der Waals surface area contributed by atoms with Crippen LogP contribution in [0.5, 0.6) is 0 Å². The summed E-state index contributed by atoms with van der Waals surface area (Å²) in [5.74, 6) is 1.18. The van der Waals surface area contributed by atoms with Gasteiger partial charge in [0.15, 0.2) is 5.11 Å². The van der Waals surface area contributed by atoms with Crippen molar-refractivity contribution in [2.45, 2.75) is 24.8 Å². The number of hydrogen-bond donors (Lipinski definition) is 2. The molecule has 2 N–H and O–H groups in total. The molecule has 0 saturated carbocycles. The molecule has 33 heavy (non-hydrogen) atoms. The standard InChI is InChI=1S/C26H28N6S/c1-31-25(14-24(30-31)19-7-3-2-4-8-19)23-17-32-11-10-20(23)13-22(32)16-28-26(33)29-21-9-5-6-18(12-21)15-27/h2-9,12,14,20,22-23H,10-11,13,16-17H2,1H3,(H2,28,29,33)/t20-,22+,23-/m0/s1. The minimum Gasteiger partial charge on any atom is -0.361 e. The molecule has 6 nitrogen and oxygen atoms in total. The number of nitrogens with zero attached hydrogens (tertiary/aromatic N) is 4. The first-order valence-electron chi connectivity index (χ1n) is 11.5. The van der Waals surface area contributed by atoms with Gasteiger partial charge in [0.05, 0.1) is 17.3 Å². The van der Waals surface area contributed by atoms with Crippen molar-refractivity contribution in [2.24, 2.45) is 13.0 Å². The smallest absolute Gasteiger partial charge is 0.170 e. The summed E-state index contributed by atoms with van der Waals surface area (Å²) in [6, 6.07) is 22.7. The third kappa shape index (κ3) is 4.63. The molecule has 3 fully saturated rings. The van der Waals surface area contributed by atoms with Crippen LogP contribution >= 0.6 is 12.2 Å². The quantitative estimate of drug-likeness (QED) is 0.563. The van der Waals surface area contributed by atoms with Crippen LogP contribution in [0.3, 0.4) is 0 Å². The molecule has 1 aromatic heterocycles. The van der Waals surface area contributed by atoms with Gasteiger partial charge in [0.25, 0.3) is 0 Å². The van der Waals surface area contributed by atoms with E-state index in [0.717, 1.165) is 37.4 Å². The maximum absolute atomic E-state index is 9.07. The first-order chi connectivity index (χ1) is 16.1. The van der Waals surface area contributed by atoms with Gasteiger partial charge in [0.2, 0.25) is 0 Å². The second-order valence-corrected chi connectivity index (χ2v) is 9.42. The van der Waals surface area contributed by atoms with Crippen LogP contribution in [0.25, 0.3) is 11.3 Å². The molecule has 2 bridgehead atoms. The van der Waals surface area contributed by atoms with E-state index in [9.17, 15) is 0 Å². The lowest BCUT2D eigenvalue weighted by Gasteiger charge is -2.50. The topological polar surface area (TPSA) is 68.9 Å². The van der Waals surface area contributed by atoms with E-state index >= 15 is 0 Å². The Morgan fingerprint density at radius 1 is 1.18 bits per heavy atom. The zero-order valence-electron chi connectivity index (χ0n) is 18.7. The molecule has 0 spiro atoms. The summed E-state index contributed by atoms with van der Waals surface area (Å²) in [7, 11) is 2.07. The van der Waals surface area contributed by atoms with Crippen molar-refractivity contribution in [3.8, 4) is 17.3 Å². The second-order valence-electron chi connectivity index (χ2n) is 9.01. The number of thiocarbonyl (C=S) groups is 1. The average molecular weight is 457 g/mol. The van der Waals surface area contributed by atoms with Gasteiger partial charge in [-0.2, -0.15) is 10.4 Å². The molecule has 3 aliphatic heterocycles. The lowest BCUT2D eigenvalue weighted by molar-refractivity contribution is 0.0303. The van der Waals surface area contributed by atoms with Crippen LogP contribution in [0, 0.1) is 17.2 Å². The van der Waals surface area contributed by atoms with Crippen LogP contribution in [-0.4, -0.2) is 45.5 Å². The van der Waals surface area contributed by atoms with E-state index in [4.69, 9.17) is 22.6 Å². The molecule has 4 atom stereocenters. The summed E-state index contributed by atoms with van der Waals surface area (Å²) >= 11 is 5.50. The van der Waals surface area contributed by atoms with Crippen molar-refractivity contribution in [3.05, 3.63) is 71.9 Å². The average Bonchev–Trinajstić information content (AvgIpc) is 3.25. The highest BCUT2D eigenvalue weighted by molar-refractivity contribution is 7.80. The molecule has 6 rings (SSSR count). The molecule has 3 aliphatic rings. The summed E-state index contributed by atoms with van der Waals surface area (Å²) < 4.78 is 2.08. The Kier molecular flexibility index (Phi) is 6.12.